The molecule has 96 valence electrons. The largest absolute Gasteiger partial charge is 0.300 e. The van der Waals surface area contributed by atoms with E-state index in [2.05, 4.69) is 16.8 Å². The lowest BCUT2D eigenvalue weighted by Gasteiger charge is -2.44. The fraction of sp³-hybridized carbons (Fsp3) is 1.00. The van der Waals surface area contributed by atoms with Crippen LogP contribution < -0.4 is 0 Å². The minimum absolute atomic E-state index is 0.930. The molecule has 0 aromatic rings. The SMILES string of the molecule is CN1C2CCC1CC(C1CCC3CCN1C3)C2. The van der Waals surface area contributed by atoms with Gasteiger partial charge in [0.1, 0.15) is 0 Å². The Bertz CT molecular complexity index is 289. The number of hydrogen-bond donors (Lipinski definition) is 0. The van der Waals surface area contributed by atoms with Gasteiger partial charge < -0.3 is 4.90 Å². The molecule has 4 saturated heterocycles. The first-order valence-corrected chi connectivity index (χ1v) is 7.77. The summed E-state index contributed by atoms with van der Waals surface area (Å²) in [5, 5.41) is 0. The normalized spacial score (nSPS) is 54.2. The van der Waals surface area contributed by atoms with Crippen LogP contribution in [0, 0.1) is 11.8 Å². The second-order valence-corrected chi connectivity index (χ2v) is 7.08. The summed E-state index contributed by atoms with van der Waals surface area (Å²) in [5.74, 6) is 2.09. The van der Waals surface area contributed by atoms with E-state index in [1.54, 1.807) is 0 Å². The molecule has 0 aliphatic carbocycles. The Balaban J connectivity index is 1.49. The summed E-state index contributed by atoms with van der Waals surface area (Å²) < 4.78 is 0. The number of piperidine rings is 2. The zero-order chi connectivity index (χ0) is 11.4. The van der Waals surface area contributed by atoms with Crippen LogP contribution in [0.3, 0.4) is 0 Å². The van der Waals surface area contributed by atoms with Crippen LogP contribution in [0.4, 0.5) is 0 Å². The molecule has 5 unspecified atom stereocenters. The highest BCUT2D eigenvalue weighted by Crippen LogP contribution is 2.43. The van der Waals surface area contributed by atoms with Crippen LogP contribution in [0.2, 0.25) is 0 Å². The molecule has 17 heavy (non-hydrogen) atoms. The van der Waals surface area contributed by atoms with E-state index in [9.17, 15) is 0 Å². The van der Waals surface area contributed by atoms with Gasteiger partial charge in [0.25, 0.3) is 0 Å². The molecule has 0 radical (unpaired) electrons. The van der Waals surface area contributed by atoms with Gasteiger partial charge in [0, 0.05) is 24.7 Å². The predicted molar refractivity (Wildman–Crippen MR) is 70.0 cm³/mol. The Hall–Kier alpha value is -0.0800. The lowest BCUT2D eigenvalue weighted by Crippen LogP contribution is -2.49. The van der Waals surface area contributed by atoms with Gasteiger partial charge in [-0.2, -0.15) is 0 Å². The Morgan fingerprint density at radius 3 is 2.41 bits per heavy atom. The Labute approximate surface area is 105 Å². The number of nitrogens with zero attached hydrogens (tertiary/aromatic N) is 2. The summed E-state index contributed by atoms with van der Waals surface area (Å²) >= 11 is 0. The molecule has 5 atom stereocenters. The first kappa shape index (κ1) is 10.8. The van der Waals surface area contributed by atoms with Crippen molar-refractivity contribution in [3.05, 3.63) is 0 Å². The van der Waals surface area contributed by atoms with E-state index >= 15 is 0 Å². The van der Waals surface area contributed by atoms with Crippen LogP contribution in [0.15, 0.2) is 0 Å². The standard InChI is InChI=1S/C15H26N2/c1-16-13-3-4-14(16)9-12(8-13)15-5-2-11-6-7-17(15)10-11/h11-15H,2-10H2,1H3. The Kier molecular flexibility index (Phi) is 2.52. The summed E-state index contributed by atoms with van der Waals surface area (Å²) in [6, 6.07) is 2.82. The molecule has 4 aliphatic rings. The van der Waals surface area contributed by atoms with Crippen molar-refractivity contribution in [2.45, 2.75) is 63.1 Å². The van der Waals surface area contributed by atoms with Gasteiger partial charge in [-0.1, -0.05) is 0 Å². The van der Waals surface area contributed by atoms with Crippen molar-refractivity contribution in [3.8, 4) is 0 Å². The van der Waals surface area contributed by atoms with Crippen molar-refractivity contribution in [2.24, 2.45) is 11.8 Å². The van der Waals surface area contributed by atoms with Crippen molar-refractivity contribution < 1.29 is 0 Å². The second kappa shape index (κ2) is 3.96. The Morgan fingerprint density at radius 1 is 0.882 bits per heavy atom. The van der Waals surface area contributed by atoms with Crippen LogP contribution in [0.25, 0.3) is 0 Å². The van der Waals surface area contributed by atoms with Crippen LogP contribution in [-0.2, 0) is 0 Å². The third-order valence-electron chi connectivity index (χ3n) is 6.34. The molecule has 0 aromatic carbocycles. The maximum absolute atomic E-state index is 2.85. The average Bonchev–Trinajstić information content (AvgIpc) is 2.77. The minimum Gasteiger partial charge on any atom is -0.300 e. The molecule has 4 heterocycles. The van der Waals surface area contributed by atoms with Crippen LogP contribution in [0.5, 0.6) is 0 Å². The van der Waals surface area contributed by atoms with Gasteiger partial charge in [0.15, 0.2) is 0 Å². The van der Waals surface area contributed by atoms with E-state index in [4.69, 9.17) is 0 Å². The molecule has 0 saturated carbocycles. The molecule has 0 spiro atoms. The number of hydrogen-bond acceptors (Lipinski definition) is 2. The third-order valence-corrected chi connectivity index (χ3v) is 6.34. The molecule has 0 amide bonds. The molecule has 4 fully saturated rings. The molecule has 4 rings (SSSR count). The second-order valence-electron chi connectivity index (χ2n) is 7.08. The van der Waals surface area contributed by atoms with E-state index in [1.807, 2.05) is 0 Å². The van der Waals surface area contributed by atoms with Crippen LogP contribution in [0.1, 0.15) is 44.9 Å². The molecule has 2 nitrogen and oxygen atoms in total. The molecule has 0 N–H and O–H groups in total. The monoisotopic (exact) mass is 234 g/mol. The zero-order valence-electron chi connectivity index (χ0n) is 11.1. The van der Waals surface area contributed by atoms with Crippen molar-refractivity contribution in [2.75, 3.05) is 20.1 Å². The maximum atomic E-state index is 2.85. The van der Waals surface area contributed by atoms with Crippen molar-refractivity contribution in [1.29, 1.82) is 0 Å². The van der Waals surface area contributed by atoms with Gasteiger partial charge in [-0.3, -0.25) is 4.90 Å². The van der Waals surface area contributed by atoms with Gasteiger partial charge in [-0.05, 0) is 70.4 Å². The minimum atomic E-state index is 0.930. The first-order chi connectivity index (χ1) is 8.31. The topological polar surface area (TPSA) is 6.48 Å². The third kappa shape index (κ3) is 1.67. The number of rotatable bonds is 1. The molecule has 2 heteroatoms. The highest BCUT2D eigenvalue weighted by atomic mass is 15.2. The summed E-state index contributed by atoms with van der Waals surface area (Å²) in [4.78, 5) is 5.54. The quantitative estimate of drug-likeness (QED) is 0.687. The van der Waals surface area contributed by atoms with Crippen molar-refractivity contribution >= 4 is 0 Å². The van der Waals surface area contributed by atoms with Gasteiger partial charge >= 0.3 is 0 Å². The fourth-order valence-corrected chi connectivity index (χ4v) is 5.29. The molecular formula is C15H26N2. The van der Waals surface area contributed by atoms with Gasteiger partial charge in [-0.15, -0.1) is 0 Å². The smallest absolute Gasteiger partial charge is 0.0125 e. The van der Waals surface area contributed by atoms with Gasteiger partial charge in [0.2, 0.25) is 0 Å². The first-order valence-electron chi connectivity index (χ1n) is 7.77. The zero-order valence-corrected chi connectivity index (χ0v) is 11.1. The fourth-order valence-electron chi connectivity index (χ4n) is 5.29. The summed E-state index contributed by atoms with van der Waals surface area (Å²) in [5.41, 5.74) is 0. The van der Waals surface area contributed by atoms with Gasteiger partial charge in [-0.25, -0.2) is 0 Å². The summed E-state index contributed by atoms with van der Waals surface area (Å²) in [6.45, 7) is 2.85. The van der Waals surface area contributed by atoms with E-state index < -0.39 is 0 Å². The molecular weight excluding hydrogens is 208 g/mol. The highest BCUT2D eigenvalue weighted by Gasteiger charge is 2.44. The van der Waals surface area contributed by atoms with Crippen molar-refractivity contribution in [1.82, 2.24) is 9.80 Å². The summed E-state index contributed by atoms with van der Waals surface area (Å²) in [6.07, 6.45) is 10.5. The number of fused-ring (bicyclic) bond motifs is 4. The highest BCUT2D eigenvalue weighted by molar-refractivity contribution is 4.99. The van der Waals surface area contributed by atoms with E-state index in [0.717, 1.165) is 30.0 Å². The van der Waals surface area contributed by atoms with E-state index in [1.165, 1.54) is 58.0 Å². The van der Waals surface area contributed by atoms with Crippen LogP contribution >= 0.6 is 0 Å². The molecule has 0 aromatic heterocycles. The van der Waals surface area contributed by atoms with Gasteiger partial charge in [0.05, 0.1) is 0 Å². The van der Waals surface area contributed by atoms with Crippen LogP contribution in [-0.4, -0.2) is 48.1 Å². The van der Waals surface area contributed by atoms with E-state index in [0.29, 0.717) is 0 Å². The molecule has 4 aliphatic heterocycles. The van der Waals surface area contributed by atoms with Crippen molar-refractivity contribution in [3.63, 3.8) is 0 Å². The predicted octanol–water partition coefficient (Wildman–Crippen LogP) is 2.34. The lowest BCUT2D eigenvalue weighted by molar-refractivity contribution is 0.0525. The lowest BCUT2D eigenvalue weighted by atomic mass is 9.80. The Morgan fingerprint density at radius 2 is 1.65 bits per heavy atom. The molecule has 4 bridgehead atoms. The summed E-state index contributed by atoms with van der Waals surface area (Å²) in [7, 11) is 2.37. The average molecular weight is 234 g/mol. The van der Waals surface area contributed by atoms with E-state index in [-0.39, 0.29) is 0 Å². The maximum Gasteiger partial charge on any atom is 0.0125 e.